The van der Waals surface area contributed by atoms with Gasteiger partial charge in [0, 0.05) is 0 Å². The zero-order valence-corrected chi connectivity index (χ0v) is 8.52. The van der Waals surface area contributed by atoms with Gasteiger partial charge in [0.25, 0.3) is 0 Å². The SMILES string of the molecule is CCCC(C)C(C)C(C)(C)O. The van der Waals surface area contributed by atoms with E-state index < -0.39 is 5.60 Å². The quantitative estimate of drug-likeness (QED) is 0.667. The third-order valence-electron chi connectivity index (χ3n) is 2.71. The molecule has 0 aliphatic rings. The largest absolute Gasteiger partial charge is 0.390 e. The molecule has 2 atom stereocenters. The number of aliphatic hydroxyl groups is 1. The van der Waals surface area contributed by atoms with Crippen molar-refractivity contribution in [3.8, 4) is 0 Å². The lowest BCUT2D eigenvalue weighted by molar-refractivity contribution is 0.000192. The molecule has 1 nitrogen and oxygen atoms in total. The van der Waals surface area contributed by atoms with Gasteiger partial charge in [-0.25, -0.2) is 0 Å². The predicted octanol–water partition coefficient (Wildman–Crippen LogP) is 2.83. The Morgan fingerprint density at radius 3 is 2.00 bits per heavy atom. The average molecular weight is 158 g/mol. The van der Waals surface area contributed by atoms with Crippen LogP contribution in [0, 0.1) is 11.8 Å². The first-order chi connectivity index (χ1) is 4.89. The second kappa shape index (κ2) is 4.10. The molecule has 0 aliphatic heterocycles. The van der Waals surface area contributed by atoms with Gasteiger partial charge in [-0.15, -0.1) is 0 Å². The van der Waals surface area contributed by atoms with E-state index in [2.05, 4.69) is 20.8 Å². The molecule has 0 saturated carbocycles. The van der Waals surface area contributed by atoms with Gasteiger partial charge in [0.05, 0.1) is 5.60 Å². The van der Waals surface area contributed by atoms with Gasteiger partial charge in [-0.1, -0.05) is 33.6 Å². The summed E-state index contributed by atoms with van der Waals surface area (Å²) in [5.41, 5.74) is -0.519. The maximum absolute atomic E-state index is 9.68. The molecule has 0 fully saturated rings. The highest BCUT2D eigenvalue weighted by Crippen LogP contribution is 2.26. The second-order valence-corrected chi connectivity index (χ2v) is 4.21. The first-order valence-electron chi connectivity index (χ1n) is 4.62. The Morgan fingerprint density at radius 2 is 1.73 bits per heavy atom. The van der Waals surface area contributed by atoms with Crippen molar-refractivity contribution in [1.82, 2.24) is 0 Å². The van der Waals surface area contributed by atoms with Gasteiger partial charge in [0.1, 0.15) is 0 Å². The van der Waals surface area contributed by atoms with E-state index >= 15 is 0 Å². The lowest BCUT2D eigenvalue weighted by Gasteiger charge is -2.30. The molecule has 0 amide bonds. The fraction of sp³-hybridized carbons (Fsp3) is 1.00. The minimum absolute atomic E-state index is 0.391. The van der Waals surface area contributed by atoms with Crippen molar-refractivity contribution in [2.24, 2.45) is 11.8 Å². The van der Waals surface area contributed by atoms with Crippen molar-refractivity contribution in [2.45, 2.75) is 53.1 Å². The van der Waals surface area contributed by atoms with E-state index in [-0.39, 0.29) is 0 Å². The van der Waals surface area contributed by atoms with Crippen molar-refractivity contribution < 1.29 is 5.11 Å². The number of hydrogen-bond acceptors (Lipinski definition) is 1. The van der Waals surface area contributed by atoms with E-state index in [0.29, 0.717) is 11.8 Å². The molecule has 0 aromatic carbocycles. The highest BCUT2D eigenvalue weighted by molar-refractivity contribution is 4.77. The molecule has 0 aliphatic carbocycles. The third kappa shape index (κ3) is 3.76. The smallest absolute Gasteiger partial charge is 0.0619 e. The summed E-state index contributed by atoms with van der Waals surface area (Å²) in [6.45, 7) is 10.3. The standard InChI is InChI=1S/C10H22O/c1-6-7-8(2)9(3)10(4,5)11/h8-9,11H,6-7H2,1-5H3. The van der Waals surface area contributed by atoms with Crippen LogP contribution >= 0.6 is 0 Å². The molecule has 0 aromatic rings. The normalized spacial score (nSPS) is 18.0. The summed E-state index contributed by atoms with van der Waals surface area (Å²) >= 11 is 0. The van der Waals surface area contributed by atoms with Crippen LogP contribution in [0.4, 0.5) is 0 Å². The van der Waals surface area contributed by atoms with Crippen molar-refractivity contribution in [3.63, 3.8) is 0 Å². The summed E-state index contributed by atoms with van der Waals surface area (Å²) in [5.74, 6) is 1.02. The molecule has 1 N–H and O–H groups in total. The summed E-state index contributed by atoms with van der Waals surface area (Å²) < 4.78 is 0. The predicted molar refractivity (Wildman–Crippen MR) is 49.5 cm³/mol. The van der Waals surface area contributed by atoms with E-state index in [4.69, 9.17) is 0 Å². The Bertz CT molecular complexity index is 102. The van der Waals surface area contributed by atoms with Crippen molar-refractivity contribution >= 4 is 0 Å². The molecule has 68 valence electrons. The fourth-order valence-corrected chi connectivity index (χ4v) is 1.40. The zero-order valence-electron chi connectivity index (χ0n) is 8.52. The zero-order chi connectivity index (χ0) is 9.07. The first kappa shape index (κ1) is 11.0. The summed E-state index contributed by atoms with van der Waals surface area (Å²) in [6, 6.07) is 0. The van der Waals surface area contributed by atoms with Crippen molar-refractivity contribution in [2.75, 3.05) is 0 Å². The van der Waals surface area contributed by atoms with Gasteiger partial charge >= 0.3 is 0 Å². The van der Waals surface area contributed by atoms with Crippen molar-refractivity contribution in [1.29, 1.82) is 0 Å². The molecule has 0 saturated heterocycles. The van der Waals surface area contributed by atoms with Gasteiger partial charge in [-0.05, 0) is 25.7 Å². The van der Waals surface area contributed by atoms with Crippen LogP contribution in [0.1, 0.15) is 47.5 Å². The summed E-state index contributed by atoms with van der Waals surface area (Å²) in [6.07, 6.45) is 2.42. The van der Waals surface area contributed by atoms with Crippen LogP contribution in [0.5, 0.6) is 0 Å². The van der Waals surface area contributed by atoms with Gasteiger partial charge in [-0.3, -0.25) is 0 Å². The Hall–Kier alpha value is -0.0400. The Labute approximate surface area is 70.8 Å². The number of rotatable bonds is 4. The molecular formula is C10H22O. The summed E-state index contributed by atoms with van der Waals surface area (Å²) in [7, 11) is 0. The van der Waals surface area contributed by atoms with Gasteiger partial charge < -0.3 is 5.11 Å². The minimum Gasteiger partial charge on any atom is -0.390 e. The maximum atomic E-state index is 9.68. The second-order valence-electron chi connectivity index (χ2n) is 4.21. The lowest BCUT2D eigenvalue weighted by atomic mass is 9.81. The van der Waals surface area contributed by atoms with Gasteiger partial charge in [0.2, 0.25) is 0 Å². The third-order valence-corrected chi connectivity index (χ3v) is 2.71. The molecule has 0 spiro atoms. The van der Waals surface area contributed by atoms with E-state index in [1.165, 1.54) is 12.8 Å². The molecule has 1 heteroatoms. The highest BCUT2D eigenvalue weighted by atomic mass is 16.3. The Kier molecular flexibility index (Phi) is 4.09. The van der Waals surface area contributed by atoms with Gasteiger partial charge in [0.15, 0.2) is 0 Å². The van der Waals surface area contributed by atoms with Crippen LogP contribution in [-0.2, 0) is 0 Å². The average Bonchev–Trinajstić information content (AvgIpc) is 1.85. The molecule has 0 bridgehead atoms. The van der Waals surface area contributed by atoms with Crippen LogP contribution < -0.4 is 0 Å². The topological polar surface area (TPSA) is 20.2 Å². The number of hydrogen-bond donors (Lipinski definition) is 1. The first-order valence-corrected chi connectivity index (χ1v) is 4.62. The van der Waals surface area contributed by atoms with Gasteiger partial charge in [-0.2, -0.15) is 0 Å². The van der Waals surface area contributed by atoms with Crippen LogP contribution in [-0.4, -0.2) is 10.7 Å². The lowest BCUT2D eigenvalue weighted by Crippen LogP contribution is -2.33. The van der Waals surface area contributed by atoms with E-state index in [1.54, 1.807) is 0 Å². The van der Waals surface area contributed by atoms with Crippen LogP contribution in [0.2, 0.25) is 0 Å². The minimum atomic E-state index is -0.519. The van der Waals surface area contributed by atoms with E-state index in [1.807, 2.05) is 13.8 Å². The van der Waals surface area contributed by atoms with Crippen LogP contribution in [0.25, 0.3) is 0 Å². The summed E-state index contributed by atoms with van der Waals surface area (Å²) in [5, 5.41) is 9.68. The van der Waals surface area contributed by atoms with E-state index in [9.17, 15) is 5.11 Å². The fourth-order valence-electron chi connectivity index (χ4n) is 1.40. The van der Waals surface area contributed by atoms with Crippen molar-refractivity contribution in [3.05, 3.63) is 0 Å². The van der Waals surface area contributed by atoms with Crippen LogP contribution in [0.3, 0.4) is 0 Å². The molecule has 0 rings (SSSR count). The molecule has 0 radical (unpaired) electrons. The van der Waals surface area contributed by atoms with E-state index in [0.717, 1.165) is 0 Å². The molecule has 2 unspecified atom stereocenters. The Morgan fingerprint density at radius 1 is 1.27 bits per heavy atom. The highest BCUT2D eigenvalue weighted by Gasteiger charge is 2.26. The maximum Gasteiger partial charge on any atom is 0.0619 e. The molecular weight excluding hydrogens is 136 g/mol. The monoisotopic (exact) mass is 158 g/mol. The molecule has 0 heterocycles. The Balaban J connectivity index is 3.91. The molecule has 11 heavy (non-hydrogen) atoms. The van der Waals surface area contributed by atoms with Crippen LogP contribution in [0.15, 0.2) is 0 Å². The summed E-state index contributed by atoms with van der Waals surface area (Å²) in [4.78, 5) is 0. The molecule has 0 aromatic heterocycles.